The highest BCUT2D eigenvalue weighted by atomic mass is 32.1. The molecule has 1 aromatic carbocycles. The van der Waals surface area contributed by atoms with Gasteiger partial charge in [-0.05, 0) is 55.0 Å². The molecule has 29 heavy (non-hydrogen) atoms. The highest BCUT2D eigenvalue weighted by Gasteiger charge is 2.25. The van der Waals surface area contributed by atoms with Crippen molar-refractivity contribution in [1.29, 1.82) is 0 Å². The first-order chi connectivity index (χ1) is 14.1. The van der Waals surface area contributed by atoms with Gasteiger partial charge in [-0.1, -0.05) is 12.5 Å². The number of rotatable bonds is 6. The van der Waals surface area contributed by atoms with Gasteiger partial charge >= 0.3 is 5.97 Å². The van der Waals surface area contributed by atoms with Crippen LogP contribution < -0.4 is 14.8 Å². The highest BCUT2D eigenvalue weighted by molar-refractivity contribution is 7.17. The fourth-order valence-corrected chi connectivity index (χ4v) is 4.71. The van der Waals surface area contributed by atoms with E-state index in [0.717, 1.165) is 43.2 Å². The first-order valence-corrected chi connectivity index (χ1v) is 10.3. The van der Waals surface area contributed by atoms with Gasteiger partial charge in [0.05, 0.1) is 26.9 Å². The molecule has 1 aliphatic carbocycles. The molecule has 0 bridgehead atoms. The van der Waals surface area contributed by atoms with Gasteiger partial charge in [0.15, 0.2) is 11.5 Å². The van der Waals surface area contributed by atoms with Crippen LogP contribution in [0.2, 0.25) is 0 Å². The predicted octanol–water partition coefficient (Wildman–Crippen LogP) is 4.47. The summed E-state index contributed by atoms with van der Waals surface area (Å²) in [6.45, 7) is 0. The maximum Gasteiger partial charge on any atom is 0.341 e. The van der Waals surface area contributed by atoms with Crippen LogP contribution in [0, 0.1) is 0 Å². The second-order valence-corrected chi connectivity index (χ2v) is 7.80. The van der Waals surface area contributed by atoms with Gasteiger partial charge in [0.1, 0.15) is 5.00 Å². The van der Waals surface area contributed by atoms with E-state index in [-0.39, 0.29) is 5.91 Å². The lowest BCUT2D eigenvalue weighted by Gasteiger charge is -2.08. The molecule has 7 heteroatoms. The summed E-state index contributed by atoms with van der Waals surface area (Å²) in [5.41, 5.74) is 2.33. The van der Waals surface area contributed by atoms with Crippen molar-refractivity contribution >= 4 is 34.3 Å². The van der Waals surface area contributed by atoms with Crippen molar-refractivity contribution in [3.8, 4) is 11.5 Å². The van der Waals surface area contributed by atoms with Crippen molar-refractivity contribution in [3.05, 3.63) is 45.8 Å². The Labute approximate surface area is 174 Å². The molecule has 2 aromatic rings. The van der Waals surface area contributed by atoms with Gasteiger partial charge in [-0.25, -0.2) is 4.79 Å². The predicted molar refractivity (Wildman–Crippen MR) is 114 cm³/mol. The lowest BCUT2D eigenvalue weighted by atomic mass is 10.1. The van der Waals surface area contributed by atoms with Crippen molar-refractivity contribution in [2.45, 2.75) is 32.1 Å². The third-order valence-electron chi connectivity index (χ3n) is 4.88. The van der Waals surface area contributed by atoms with Crippen molar-refractivity contribution < 1.29 is 23.8 Å². The van der Waals surface area contributed by atoms with E-state index in [2.05, 4.69) is 5.32 Å². The summed E-state index contributed by atoms with van der Waals surface area (Å²) in [7, 11) is 4.50. The molecule has 0 atom stereocenters. The summed E-state index contributed by atoms with van der Waals surface area (Å²) in [5, 5.41) is 3.42. The molecule has 0 spiro atoms. The fraction of sp³-hybridized carbons (Fsp3) is 0.364. The van der Waals surface area contributed by atoms with Crippen LogP contribution in [-0.4, -0.2) is 33.2 Å². The number of benzene rings is 1. The number of fused-ring (bicyclic) bond motifs is 1. The van der Waals surface area contributed by atoms with Crippen LogP contribution in [0.25, 0.3) is 6.08 Å². The second kappa shape index (κ2) is 9.60. The minimum absolute atomic E-state index is 0.304. The zero-order valence-electron chi connectivity index (χ0n) is 16.9. The first kappa shape index (κ1) is 20.9. The molecule has 1 N–H and O–H groups in total. The number of esters is 1. The summed E-state index contributed by atoms with van der Waals surface area (Å²) in [4.78, 5) is 26.0. The molecule has 1 aliphatic rings. The van der Waals surface area contributed by atoms with Crippen LogP contribution in [0.5, 0.6) is 11.5 Å². The Morgan fingerprint density at radius 3 is 2.52 bits per heavy atom. The molecule has 0 radical (unpaired) electrons. The van der Waals surface area contributed by atoms with Crippen LogP contribution >= 0.6 is 11.3 Å². The number of anilines is 1. The third kappa shape index (κ3) is 4.79. The van der Waals surface area contributed by atoms with Crippen molar-refractivity contribution in [3.63, 3.8) is 0 Å². The maximum atomic E-state index is 12.5. The van der Waals surface area contributed by atoms with Crippen LogP contribution in [0.1, 0.15) is 45.6 Å². The Hall–Kier alpha value is -2.80. The van der Waals surface area contributed by atoms with E-state index in [1.165, 1.54) is 29.4 Å². The van der Waals surface area contributed by atoms with Crippen molar-refractivity contribution in [1.82, 2.24) is 0 Å². The zero-order chi connectivity index (χ0) is 20.8. The Balaban J connectivity index is 1.80. The van der Waals surface area contributed by atoms with Crippen molar-refractivity contribution in [2.75, 3.05) is 26.6 Å². The van der Waals surface area contributed by atoms with Gasteiger partial charge in [-0.3, -0.25) is 4.79 Å². The van der Waals surface area contributed by atoms with Gasteiger partial charge in [0, 0.05) is 11.0 Å². The van der Waals surface area contributed by atoms with Crippen LogP contribution in [0.3, 0.4) is 0 Å². The Kier molecular flexibility index (Phi) is 6.93. The normalized spacial score (nSPS) is 13.5. The first-order valence-electron chi connectivity index (χ1n) is 9.51. The molecule has 0 fully saturated rings. The molecule has 6 nitrogen and oxygen atoms in total. The minimum Gasteiger partial charge on any atom is -0.493 e. The number of methoxy groups -OCH3 is 3. The van der Waals surface area contributed by atoms with E-state index in [0.29, 0.717) is 22.1 Å². The molecule has 1 aromatic heterocycles. The fourth-order valence-electron chi connectivity index (χ4n) is 3.43. The Bertz CT molecular complexity index is 932. The molecule has 1 amide bonds. The molecule has 0 unspecified atom stereocenters. The quantitative estimate of drug-likeness (QED) is 0.428. The standard InChI is InChI=1S/C22H25NO5S/c1-26-16-11-9-14(13-17(16)27-2)10-12-19(24)23-21-20(22(25)28-3)15-7-5-4-6-8-18(15)29-21/h9-13H,4-8H2,1-3H3,(H,23,24)/b12-10-. The highest BCUT2D eigenvalue weighted by Crippen LogP contribution is 2.38. The molecule has 0 aliphatic heterocycles. The summed E-state index contributed by atoms with van der Waals surface area (Å²) < 4.78 is 15.5. The van der Waals surface area contributed by atoms with E-state index in [1.807, 2.05) is 6.07 Å². The number of carbonyl (C=O) groups is 2. The van der Waals surface area contributed by atoms with E-state index in [4.69, 9.17) is 14.2 Å². The van der Waals surface area contributed by atoms with Gasteiger partial charge in [0.25, 0.3) is 0 Å². The molecule has 154 valence electrons. The monoisotopic (exact) mass is 415 g/mol. The topological polar surface area (TPSA) is 73.9 Å². The van der Waals surface area contributed by atoms with E-state index in [1.54, 1.807) is 32.4 Å². The number of thiophene rings is 1. The summed E-state index contributed by atoms with van der Waals surface area (Å²) in [6.07, 6.45) is 8.19. The zero-order valence-corrected chi connectivity index (χ0v) is 17.7. The maximum absolute atomic E-state index is 12.5. The minimum atomic E-state index is -0.399. The summed E-state index contributed by atoms with van der Waals surface area (Å²) >= 11 is 1.48. The van der Waals surface area contributed by atoms with Gasteiger partial charge in [-0.15, -0.1) is 11.3 Å². The van der Waals surface area contributed by atoms with Gasteiger partial charge < -0.3 is 19.5 Å². The average molecular weight is 416 g/mol. The van der Waals surface area contributed by atoms with Gasteiger partial charge in [-0.2, -0.15) is 0 Å². The number of amides is 1. The van der Waals surface area contributed by atoms with Crippen molar-refractivity contribution in [2.24, 2.45) is 0 Å². The number of hydrogen-bond acceptors (Lipinski definition) is 6. The largest absolute Gasteiger partial charge is 0.493 e. The Morgan fingerprint density at radius 1 is 1.03 bits per heavy atom. The molecule has 0 saturated carbocycles. The summed E-state index contributed by atoms with van der Waals surface area (Å²) in [6, 6.07) is 5.40. The molecule has 1 heterocycles. The number of aryl methyl sites for hydroxylation is 1. The SMILES string of the molecule is COC(=O)c1c(NC(=O)/C=C\c2ccc(OC)c(OC)c2)sc2c1CCCCC2. The lowest BCUT2D eigenvalue weighted by Crippen LogP contribution is -2.12. The number of nitrogens with one attached hydrogen (secondary N) is 1. The van der Waals surface area contributed by atoms with Crippen LogP contribution in [0.4, 0.5) is 5.00 Å². The second-order valence-electron chi connectivity index (χ2n) is 6.70. The smallest absolute Gasteiger partial charge is 0.341 e. The van der Waals surface area contributed by atoms with Gasteiger partial charge in [0.2, 0.25) is 5.91 Å². The lowest BCUT2D eigenvalue weighted by molar-refractivity contribution is -0.111. The van der Waals surface area contributed by atoms with E-state index >= 15 is 0 Å². The van der Waals surface area contributed by atoms with Crippen LogP contribution in [-0.2, 0) is 22.4 Å². The van der Waals surface area contributed by atoms with Crippen LogP contribution in [0.15, 0.2) is 24.3 Å². The van der Waals surface area contributed by atoms with E-state index in [9.17, 15) is 9.59 Å². The number of hydrogen-bond donors (Lipinski definition) is 1. The summed E-state index contributed by atoms with van der Waals surface area (Å²) in [5.74, 6) is 0.506. The molecular formula is C22H25NO5S. The number of ether oxygens (including phenoxy) is 3. The molecular weight excluding hydrogens is 390 g/mol. The Morgan fingerprint density at radius 2 is 1.79 bits per heavy atom. The molecule has 0 saturated heterocycles. The average Bonchev–Trinajstić information content (AvgIpc) is 2.91. The molecule has 3 rings (SSSR count). The van der Waals surface area contributed by atoms with E-state index < -0.39 is 5.97 Å². The third-order valence-corrected chi connectivity index (χ3v) is 6.09. The number of carbonyl (C=O) groups excluding carboxylic acids is 2.